The Bertz CT molecular complexity index is 993. The van der Waals surface area contributed by atoms with Crippen molar-refractivity contribution in [2.24, 2.45) is 0 Å². The number of hydrogen-bond acceptors (Lipinski definition) is 4. The summed E-state index contributed by atoms with van der Waals surface area (Å²) in [5, 5.41) is 3.66. The van der Waals surface area contributed by atoms with Crippen molar-refractivity contribution in [1.29, 1.82) is 0 Å². The number of rotatable bonds is 5. The van der Waals surface area contributed by atoms with Crippen molar-refractivity contribution in [1.82, 2.24) is 5.32 Å². The zero-order chi connectivity index (χ0) is 22.3. The van der Waals surface area contributed by atoms with Gasteiger partial charge in [0.15, 0.2) is 5.78 Å². The largest absolute Gasteiger partial charge is 0.364 e. The van der Waals surface area contributed by atoms with E-state index >= 15 is 0 Å². The molecule has 4 heteroatoms. The second kappa shape index (κ2) is 8.53. The van der Waals surface area contributed by atoms with Crippen LogP contribution in [0.4, 0.5) is 5.69 Å². The maximum Gasteiger partial charge on any atom is 0.162 e. The van der Waals surface area contributed by atoms with Gasteiger partial charge in [0, 0.05) is 41.4 Å². The molecule has 0 unspecified atom stereocenters. The molecule has 170 valence electrons. The van der Waals surface area contributed by atoms with Gasteiger partial charge >= 0.3 is 0 Å². The fourth-order valence-corrected chi connectivity index (χ4v) is 7.15. The van der Waals surface area contributed by atoms with Gasteiger partial charge in [0.05, 0.1) is 5.69 Å². The van der Waals surface area contributed by atoms with E-state index in [1.54, 1.807) is 0 Å². The topological polar surface area (TPSA) is 32.3 Å². The molecule has 3 aliphatic rings. The first kappa shape index (κ1) is 22.0. The van der Waals surface area contributed by atoms with E-state index in [1.165, 1.54) is 40.3 Å². The van der Waals surface area contributed by atoms with Gasteiger partial charge in [-0.1, -0.05) is 57.2 Å². The highest BCUT2D eigenvalue weighted by Gasteiger charge is 2.52. The highest BCUT2D eigenvalue weighted by Crippen LogP contribution is 2.56. The molecule has 1 saturated heterocycles. The van der Waals surface area contributed by atoms with Gasteiger partial charge in [-0.05, 0) is 60.6 Å². The van der Waals surface area contributed by atoms with Crippen molar-refractivity contribution < 1.29 is 4.79 Å². The summed E-state index contributed by atoms with van der Waals surface area (Å²) in [5.41, 5.74) is 5.47. The van der Waals surface area contributed by atoms with Crippen molar-refractivity contribution in [2.75, 3.05) is 30.3 Å². The molecule has 1 N–H and O–H groups in total. The molecule has 0 aromatic heterocycles. The van der Waals surface area contributed by atoms with Crippen LogP contribution in [0.15, 0.2) is 47.4 Å². The molecule has 2 aromatic rings. The van der Waals surface area contributed by atoms with Gasteiger partial charge < -0.3 is 10.2 Å². The fraction of sp³-hybridized carbons (Fsp3) is 0.536. The molecule has 0 saturated carbocycles. The first-order chi connectivity index (χ1) is 15.4. The summed E-state index contributed by atoms with van der Waals surface area (Å²) < 4.78 is 0. The minimum absolute atomic E-state index is 0.118. The van der Waals surface area contributed by atoms with Crippen molar-refractivity contribution >= 4 is 23.2 Å². The van der Waals surface area contributed by atoms with Crippen molar-refractivity contribution in [3.05, 3.63) is 59.2 Å². The van der Waals surface area contributed by atoms with E-state index in [-0.39, 0.29) is 16.7 Å². The molecule has 3 aliphatic heterocycles. The van der Waals surface area contributed by atoms with Crippen LogP contribution in [0.1, 0.15) is 80.3 Å². The van der Waals surface area contributed by atoms with Crippen LogP contribution in [-0.2, 0) is 5.41 Å². The van der Waals surface area contributed by atoms with E-state index in [1.807, 2.05) is 23.9 Å². The van der Waals surface area contributed by atoms with Gasteiger partial charge in [-0.3, -0.25) is 4.79 Å². The first-order valence-corrected chi connectivity index (χ1v) is 13.3. The van der Waals surface area contributed by atoms with Gasteiger partial charge in [-0.2, -0.15) is 0 Å². The molecular formula is C28H36N2OS. The van der Waals surface area contributed by atoms with Gasteiger partial charge in [-0.15, -0.1) is 11.8 Å². The number of carbonyl (C=O) groups excluding carboxylic acids is 1. The van der Waals surface area contributed by atoms with Crippen LogP contribution < -0.4 is 10.2 Å². The summed E-state index contributed by atoms with van der Waals surface area (Å²) in [6.07, 6.45) is 5.11. The van der Waals surface area contributed by atoms with Crippen molar-refractivity contribution in [3.8, 4) is 0 Å². The molecule has 0 aliphatic carbocycles. The number of Topliss-reactive ketones (excluding diaryl/α,β-unsaturated/α-hetero) is 1. The SMILES string of the molecule is CC(C)(C)c1ccc(C(=O)CCC[C@]23CCNC[C@H]2c2cccc4c2N3CCCS4)cc1. The zero-order valence-corrected chi connectivity index (χ0v) is 20.6. The van der Waals surface area contributed by atoms with Gasteiger partial charge in [-0.25, -0.2) is 0 Å². The first-order valence-electron chi connectivity index (χ1n) is 12.3. The van der Waals surface area contributed by atoms with E-state index in [0.29, 0.717) is 12.3 Å². The van der Waals surface area contributed by atoms with E-state index in [4.69, 9.17) is 0 Å². The van der Waals surface area contributed by atoms with E-state index in [2.05, 4.69) is 61.3 Å². The molecule has 1 fully saturated rings. The van der Waals surface area contributed by atoms with Crippen LogP contribution in [0.2, 0.25) is 0 Å². The van der Waals surface area contributed by atoms with E-state index in [9.17, 15) is 4.79 Å². The highest BCUT2D eigenvalue weighted by molar-refractivity contribution is 7.99. The second-order valence-corrected chi connectivity index (χ2v) is 11.9. The Hall–Kier alpha value is -1.78. The summed E-state index contributed by atoms with van der Waals surface area (Å²) in [4.78, 5) is 17.2. The number of benzene rings is 2. The molecule has 0 bridgehead atoms. The average molecular weight is 449 g/mol. The molecule has 32 heavy (non-hydrogen) atoms. The molecule has 3 heterocycles. The Morgan fingerprint density at radius 2 is 2.00 bits per heavy atom. The summed E-state index contributed by atoms with van der Waals surface area (Å²) in [5.74, 6) is 2.02. The third kappa shape index (κ3) is 3.80. The van der Waals surface area contributed by atoms with Gasteiger partial charge in [0.1, 0.15) is 0 Å². The minimum Gasteiger partial charge on any atom is -0.364 e. The van der Waals surface area contributed by atoms with Crippen LogP contribution in [0.25, 0.3) is 0 Å². The number of carbonyl (C=O) groups is 1. The maximum atomic E-state index is 13.0. The van der Waals surface area contributed by atoms with Crippen LogP contribution >= 0.6 is 11.8 Å². The Labute approximate surface area is 197 Å². The van der Waals surface area contributed by atoms with Crippen LogP contribution in [0.5, 0.6) is 0 Å². The zero-order valence-electron chi connectivity index (χ0n) is 19.7. The standard InChI is InChI=1S/C28H36N2OS/c1-27(2,3)21-12-10-20(11-13-21)24(31)8-5-14-28-15-16-29-19-23(28)22-7-4-9-25-26(22)30(28)17-6-18-32-25/h4,7,9-13,23,29H,5-6,8,14-19H2,1-3H3/t23-,28-/m0/s1. The Morgan fingerprint density at radius 3 is 2.78 bits per heavy atom. The fourth-order valence-electron chi connectivity index (χ4n) is 6.12. The lowest BCUT2D eigenvalue weighted by Crippen LogP contribution is -2.56. The average Bonchev–Trinajstić information content (AvgIpc) is 2.90. The number of ketones is 1. The second-order valence-electron chi connectivity index (χ2n) is 10.8. The lowest BCUT2D eigenvalue weighted by atomic mass is 9.73. The van der Waals surface area contributed by atoms with Gasteiger partial charge in [0.25, 0.3) is 0 Å². The molecule has 2 atom stereocenters. The Morgan fingerprint density at radius 1 is 1.19 bits per heavy atom. The van der Waals surface area contributed by atoms with Crippen LogP contribution in [0, 0.1) is 0 Å². The molecule has 2 aromatic carbocycles. The lowest BCUT2D eigenvalue weighted by Gasteiger charge is -2.47. The van der Waals surface area contributed by atoms with Crippen molar-refractivity contribution in [3.63, 3.8) is 0 Å². The van der Waals surface area contributed by atoms with Crippen LogP contribution in [0.3, 0.4) is 0 Å². The highest BCUT2D eigenvalue weighted by atomic mass is 32.2. The predicted octanol–water partition coefficient (Wildman–Crippen LogP) is 6.17. The Balaban J connectivity index is 1.33. The normalized spacial score (nSPS) is 24.6. The number of nitrogens with zero attached hydrogens (tertiary/aromatic N) is 1. The molecule has 0 amide bonds. The maximum absolute atomic E-state index is 13.0. The molecular weight excluding hydrogens is 412 g/mol. The van der Waals surface area contributed by atoms with Crippen LogP contribution in [-0.4, -0.2) is 36.7 Å². The number of nitrogens with one attached hydrogen (secondary N) is 1. The third-order valence-corrected chi connectivity index (χ3v) is 8.95. The van der Waals surface area contributed by atoms with E-state index in [0.717, 1.165) is 38.0 Å². The number of anilines is 1. The minimum atomic E-state index is 0.118. The predicted molar refractivity (Wildman–Crippen MR) is 135 cm³/mol. The Kier molecular flexibility index (Phi) is 5.88. The quantitative estimate of drug-likeness (QED) is 0.555. The smallest absolute Gasteiger partial charge is 0.162 e. The number of fused-ring (bicyclic) bond motifs is 3. The van der Waals surface area contributed by atoms with Gasteiger partial charge in [0.2, 0.25) is 0 Å². The lowest BCUT2D eigenvalue weighted by molar-refractivity contribution is 0.0974. The third-order valence-electron chi connectivity index (χ3n) is 7.81. The summed E-state index contributed by atoms with van der Waals surface area (Å²) >= 11 is 2.02. The molecule has 0 radical (unpaired) electrons. The summed E-state index contributed by atoms with van der Waals surface area (Å²) in [6.45, 7) is 9.92. The number of piperidine rings is 1. The number of hydrogen-bond donors (Lipinski definition) is 1. The number of para-hydroxylation sites is 1. The summed E-state index contributed by atoms with van der Waals surface area (Å²) in [7, 11) is 0. The van der Waals surface area contributed by atoms with Crippen molar-refractivity contribution in [2.45, 2.75) is 74.6 Å². The summed E-state index contributed by atoms with van der Waals surface area (Å²) in [6, 6.07) is 15.2. The molecule has 3 nitrogen and oxygen atoms in total. The number of thioether (sulfide) groups is 1. The molecule has 5 rings (SSSR count). The van der Waals surface area contributed by atoms with E-state index < -0.39 is 0 Å². The monoisotopic (exact) mass is 448 g/mol. The molecule has 0 spiro atoms.